The van der Waals surface area contributed by atoms with Crippen LogP contribution in [0.3, 0.4) is 0 Å². The fraction of sp³-hybridized carbons (Fsp3) is 0.471. The van der Waals surface area contributed by atoms with E-state index < -0.39 is 0 Å². The number of nitriles is 1. The van der Waals surface area contributed by atoms with Gasteiger partial charge < -0.3 is 9.51 Å². The Morgan fingerprint density at radius 1 is 1.29 bits per heavy atom. The summed E-state index contributed by atoms with van der Waals surface area (Å²) in [5.41, 5.74) is 2.78. The number of aliphatic hydroxyl groups is 1. The highest BCUT2D eigenvalue weighted by atomic mass is 16.3. The van der Waals surface area contributed by atoms with Crippen molar-refractivity contribution < 1.29 is 5.11 Å². The van der Waals surface area contributed by atoms with Crippen molar-refractivity contribution in [2.24, 2.45) is 0 Å². The van der Waals surface area contributed by atoms with Gasteiger partial charge in [-0.25, -0.2) is 0 Å². The van der Waals surface area contributed by atoms with Crippen molar-refractivity contribution in [2.45, 2.75) is 38.3 Å². The fourth-order valence-electron chi connectivity index (χ4n) is 3.30. The number of rotatable bonds is 3. The van der Waals surface area contributed by atoms with Crippen LogP contribution in [0.15, 0.2) is 30.6 Å². The van der Waals surface area contributed by atoms with Gasteiger partial charge in [0.25, 0.3) is 0 Å². The summed E-state index contributed by atoms with van der Waals surface area (Å²) in [5, 5.41) is 19.1. The topological polar surface area (TPSA) is 51.7 Å². The molecule has 4 nitrogen and oxygen atoms in total. The van der Waals surface area contributed by atoms with Gasteiger partial charge in [0.15, 0.2) is 0 Å². The molecule has 3 heterocycles. The van der Waals surface area contributed by atoms with Gasteiger partial charge in [-0.05, 0) is 31.5 Å². The number of fused-ring (bicyclic) bond motifs is 1. The SMILES string of the molecule is N#Cc1c(CN2CCCCCC2CO)cn2ccccc12. The first-order valence-electron chi connectivity index (χ1n) is 7.67. The summed E-state index contributed by atoms with van der Waals surface area (Å²) in [6.45, 7) is 1.95. The van der Waals surface area contributed by atoms with Crippen molar-refractivity contribution >= 4 is 5.52 Å². The summed E-state index contributed by atoms with van der Waals surface area (Å²) >= 11 is 0. The van der Waals surface area contributed by atoms with Crippen LogP contribution in [-0.4, -0.2) is 33.6 Å². The van der Waals surface area contributed by atoms with Gasteiger partial charge in [-0.15, -0.1) is 0 Å². The molecule has 4 heteroatoms. The average molecular weight is 283 g/mol. The van der Waals surface area contributed by atoms with E-state index >= 15 is 0 Å². The van der Waals surface area contributed by atoms with Crippen molar-refractivity contribution in [1.82, 2.24) is 9.30 Å². The lowest BCUT2D eigenvalue weighted by atomic mass is 10.1. The maximum absolute atomic E-state index is 9.62. The quantitative estimate of drug-likeness (QED) is 0.942. The monoisotopic (exact) mass is 283 g/mol. The van der Waals surface area contributed by atoms with Crippen LogP contribution >= 0.6 is 0 Å². The van der Waals surface area contributed by atoms with Crippen LogP contribution in [0.1, 0.15) is 36.8 Å². The Bertz CT molecular complexity index is 656. The molecule has 1 unspecified atom stereocenters. The number of pyridine rings is 1. The van der Waals surface area contributed by atoms with E-state index in [-0.39, 0.29) is 12.6 Å². The molecular weight excluding hydrogens is 262 g/mol. The molecule has 0 saturated carbocycles. The number of nitrogens with zero attached hydrogens (tertiary/aromatic N) is 3. The molecule has 1 aliphatic heterocycles. The number of aromatic nitrogens is 1. The minimum absolute atomic E-state index is 0.204. The standard InChI is InChI=1S/C17H21N3O/c18-10-16-14(12-20-9-5-3-7-17(16)20)11-19-8-4-1-2-6-15(19)13-21/h3,5,7,9,12,15,21H,1-2,4,6,8,11,13H2. The zero-order chi connectivity index (χ0) is 14.7. The van der Waals surface area contributed by atoms with E-state index in [9.17, 15) is 10.4 Å². The van der Waals surface area contributed by atoms with Crippen LogP contribution < -0.4 is 0 Å². The normalized spacial score (nSPS) is 20.3. The van der Waals surface area contributed by atoms with E-state index in [1.807, 2.05) is 35.0 Å². The second kappa shape index (κ2) is 6.30. The molecule has 0 aliphatic carbocycles. The minimum Gasteiger partial charge on any atom is -0.395 e. The molecule has 1 atom stereocenters. The smallest absolute Gasteiger partial charge is 0.102 e. The van der Waals surface area contributed by atoms with Crippen LogP contribution in [0, 0.1) is 11.3 Å². The lowest BCUT2D eigenvalue weighted by molar-refractivity contribution is 0.118. The highest BCUT2D eigenvalue weighted by Crippen LogP contribution is 2.23. The van der Waals surface area contributed by atoms with E-state index in [1.54, 1.807) is 0 Å². The summed E-state index contributed by atoms with van der Waals surface area (Å²) < 4.78 is 2.01. The van der Waals surface area contributed by atoms with E-state index in [2.05, 4.69) is 11.0 Å². The second-order valence-corrected chi connectivity index (χ2v) is 5.79. The minimum atomic E-state index is 0.204. The molecule has 3 rings (SSSR count). The summed E-state index contributed by atoms with van der Waals surface area (Å²) in [4.78, 5) is 2.34. The van der Waals surface area contributed by atoms with E-state index in [0.717, 1.165) is 36.2 Å². The van der Waals surface area contributed by atoms with Gasteiger partial charge in [-0.1, -0.05) is 18.9 Å². The average Bonchev–Trinajstić information content (AvgIpc) is 2.70. The summed E-state index contributed by atoms with van der Waals surface area (Å²) in [6.07, 6.45) is 8.66. The molecule has 110 valence electrons. The number of likely N-dealkylation sites (tertiary alicyclic amines) is 1. The third-order valence-electron chi connectivity index (χ3n) is 4.46. The van der Waals surface area contributed by atoms with Crippen molar-refractivity contribution in [3.05, 3.63) is 41.7 Å². The van der Waals surface area contributed by atoms with Crippen LogP contribution in [0.25, 0.3) is 5.52 Å². The Labute approximate surface area is 125 Å². The molecule has 21 heavy (non-hydrogen) atoms. The number of aliphatic hydroxyl groups excluding tert-OH is 1. The molecule has 0 bridgehead atoms. The molecule has 0 amide bonds. The van der Waals surface area contributed by atoms with Crippen molar-refractivity contribution in [3.8, 4) is 6.07 Å². The zero-order valence-corrected chi connectivity index (χ0v) is 12.2. The maximum atomic E-state index is 9.62. The first kappa shape index (κ1) is 14.1. The molecular formula is C17H21N3O. The van der Waals surface area contributed by atoms with Gasteiger partial charge in [0.1, 0.15) is 6.07 Å². The van der Waals surface area contributed by atoms with Gasteiger partial charge in [-0.2, -0.15) is 5.26 Å². The zero-order valence-electron chi connectivity index (χ0n) is 12.2. The highest BCUT2D eigenvalue weighted by molar-refractivity contribution is 5.65. The Balaban J connectivity index is 1.91. The molecule has 2 aromatic heterocycles. The van der Waals surface area contributed by atoms with Gasteiger partial charge in [0.2, 0.25) is 0 Å². The van der Waals surface area contributed by atoms with E-state index in [1.165, 1.54) is 19.3 Å². The van der Waals surface area contributed by atoms with E-state index in [4.69, 9.17) is 0 Å². The number of hydrogen-bond donors (Lipinski definition) is 1. The molecule has 0 radical (unpaired) electrons. The van der Waals surface area contributed by atoms with Crippen LogP contribution in [0.5, 0.6) is 0 Å². The van der Waals surface area contributed by atoms with Crippen molar-refractivity contribution in [3.63, 3.8) is 0 Å². The Morgan fingerprint density at radius 3 is 3.00 bits per heavy atom. The predicted octanol–water partition coefficient (Wildman–Crippen LogP) is 2.55. The summed E-state index contributed by atoms with van der Waals surface area (Å²) in [5.74, 6) is 0. The fourth-order valence-corrected chi connectivity index (χ4v) is 3.30. The van der Waals surface area contributed by atoms with Gasteiger partial charge in [0.05, 0.1) is 17.7 Å². The molecule has 1 aliphatic rings. The van der Waals surface area contributed by atoms with Crippen LogP contribution in [0.4, 0.5) is 0 Å². The lowest BCUT2D eigenvalue weighted by Crippen LogP contribution is -2.37. The first-order chi connectivity index (χ1) is 10.3. The Hall–Kier alpha value is -1.83. The van der Waals surface area contributed by atoms with Crippen LogP contribution in [0.2, 0.25) is 0 Å². The van der Waals surface area contributed by atoms with Gasteiger partial charge >= 0.3 is 0 Å². The molecule has 1 saturated heterocycles. The summed E-state index contributed by atoms with van der Waals surface area (Å²) in [7, 11) is 0. The second-order valence-electron chi connectivity index (χ2n) is 5.79. The molecule has 1 fully saturated rings. The Kier molecular flexibility index (Phi) is 4.23. The Morgan fingerprint density at radius 2 is 2.19 bits per heavy atom. The molecule has 0 spiro atoms. The van der Waals surface area contributed by atoms with Crippen molar-refractivity contribution in [2.75, 3.05) is 13.2 Å². The van der Waals surface area contributed by atoms with Gasteiger partial charge in [-0.3, -0.25) is 4.90 Å². The maximum Gasteiger partial charge on any atom is 0.102 e. The van der Waals surface area contributed by atoms with Crippen LogP contribution in [-0.2, 0) is 6.54 Å². The lowest BCUT2D eigenvalue weighted by Gasteiger charge is -2.28. The van der Waals surface area contributed by atoms with Crippen molar-refractivity contribution in [1.29, 1.82) is 5.26 Å². The largest absolute Gasteiger partial charge is 0.395 e. The molecule has 0 aromatic carbocycles. The third-order valence-corrected chi connectivity index (χ3v) is 4.46. The first-order valence-corrected chi connectivity index (χ1v) is 7.67. The highest BCUT2D eigenvalue weighted by Gasteiger charge is 2.22. The third kappa shape index (κ3) is 2.80. The number of hydrogen-bond acceptors (Lipinski definition) is 3. The molecule has 1 N–H and O–H groups in total. The van der Waals surface area contributed by atoms with E-state index in [0.29, 0.717) is 0 Å². The van der Waals surface area contributed by atoms with Gasteiger partial charge in [0, 0.05) is 30.5 Å². The molecule has 2 aromatic rings. The predicted molar refractivity (Wildman–Crippen MR) is 81.9 cm³/mol. The summed E-state index contributed by atoms with van der Waals surface area (Å²) in [6, 6.07) is 8.48.